The molecule has 0 radical (unpaired) electrons. The molecule has 0 unspecified atom stereocenters. The third kappa shape index (κ3) is 3.13. The van der Waals surface area contributed by atoms with Gasteiger partial charge in [-0.3, -0.25) is 9.78 Å². The van der Waals surface area contributed by atoms with Crippen molar-refractivity contribution in [3.63, 3.8) is 0 Å². The minimum absolute atomic E-state index is 0.304. The number of pyridine rings is 2. The molecule has 0 bridgehead atoms. The predicted octanol–water partition coefficient (Wildman–Crippen LogP) is 2.94. The van der Waals surface area contributed by atoms with Gasteiger partial charge in [0.2, 0.25) is 0 Å². The number of halogens is 1. The lowest BCUT2D eigenvalue weighted by Gasteiger charge is -2.07. The second-order valence-corrected chi connectivity index (χ2v) is 4.63. The third-order valence-electron chi connectivity index (χ3n) is 2.30. The number of nitrogens with zero attached hydrogens (tertiary/aromatic N) is 2. The SMILES string of the molecule is Cc1ccc(OCc2ccc(Br)cn2)c(C=O)n1. The average Bonchev–Trinajstić information content (AvgIpc) is 2.39. The fourth-order valence-electron chi connectivity index (χ4n) is 1.41. The summed E-state index contributed by atoms with van der Waals surface area (Å²) in [4.78, 5) is 19.2. The van der Waals surface area contributed by atoms with Crippen LogP contribution < -0.4 is 4.74 Å². The van der Waals surface area contributed by atoms with E-state index >= 15 is 0 Å². The van der Waals surface area contributed by atoms with Crippen molar-refractivity contribution in [2.24, 2.45) is 0 Å². The fourth-order valence-corrected chi connectivity index (χ4v) is 1.65. The van der Waals surface area contributed by atoms with Crippen molar-refractivity contribution in [3.8, 4) is 5.75 Å². The van der Waals surface area contributed by atoms with E-state index in [0.717, 1.165) is 15.9 Å². The van der Waals surface area contributed by atoms with Crippen molar-refractivity contribution in [1.29, 1.82) is 0 Å². The Bertz CT molecular complexity index is 555. The van der Waals surface area contributed by atoms with Gasteiger partial charge >= 0.3 is 0 Å². The van der Waals surface area contributed by atoms with Crippen molar-refractivity contribution in [1.82, 2.24) is 9.97 Å². The van der Waals surface area contributed by atoms with E-state index in [2.05, 4.69) is 25.9 Å². The molecule has 0 saturated heterocycles. The van der Waals surface area contributed by atoms with Gasteiger partial charge in [0.05, 0.1) is 5.69 Å². The smallest absolute Gasteiger partial charge is 0.172 e. The molecule has 0 fully saturated rings. The highest BCUT2D eigenvalue weighted by molar-refractivity contribution is 9.10. The van der Waals surface area contributed by atoms with Gasteiger partial charge in [-0.1, -0.05) is 0 Å². The average molecular weight is 307 g/mol. The van der Waals surface area contributed by atoms with Gasteiger partial charge in [0.1, 0.15) is 18.1 Å². The highest BCUT2D eigenvalue weighted by Crippen LogP contribution is 2.16. The van der Waals surface area contributed by atoms with Crippen molar-refractivity contribution >= 4 is 22.2 Å². The van der Waals surface area contributed by atoms with E-state index in [4.69, 9.17) is 4.74 Å². The number of rotatable bonds is 4. The van der Waals surface area contributed by atoms with Crippen LogP contribution in [0, 0.1) is 6.92 Å². The van der Waals surface area contributed by atoms with Crippen LogP contribution in [0.3, 0.4) is 0 Å². The second kappa shape index (κ2) is 5.73. The van der Waals surface area contributed by atoms with Gasteiger partial charge in [-0.15, -0.1) is 0 Å². The molecule has 18 heavy (non-hydrogen) atoms. The zero-order valence-electron chi connectivity index (χ0n) is 9.76. The monoisotopic (exact) mass is 306 g/mol. The van der Waals surface area contributed by atoms with Crippen LogP contribution in [0.5, 0.6) is 5.75 Å². The minimum atomic E-state index is 0.304. The Kier molecular flexibility index (Phi) is 4.04. The number of aryl methyl sites for hydroxylation is 1. The van der Waals surface area contributed by atoms with Crippen LogP contribution in [-0.2, 0) is 6.61 Å². The Hall–Kier alpha value is -1.75. The summed E-state index contributed by atoms with van der Waals surface area (Å²) in [5.41, 5.74) is 1.88. The molecule has 0 N–H and O–H groups in total. The molecule has 0 aliphatic carbocycles. The molecule has 0 atom stereocenters. The van der Waals surface area contributed by atoms with Crippen LogP contribution in [0.2, 0.25) is 0 Å². The van der Waals surface area contributed by atoms with E-state index in [1.807, 2.05) is 19.1 Å². The first-order valence-corrected chi connectivity index (χ1v) is 6.14. The molecule has 0 amide bonds. The van der Waals surface area contributed by atoms with Gasteiger partial charge in [-0.25, -0.2) is 4.98 Å². The molecule has 0 aliphatic heterocycles. The Morgan fingerprint density at radius 1 is 1.33 bits per heavy atom. The van der Waals surface area contributed by atoms with E-state index < -0.39 is 0 Å². The molecule has 5 heteroatoms. The minimum Gasteiger partial charge on any atom is -0.485 e. The van der Waals surface area contributed by atoms with Crippen molar-refractivity contribution in [2.75, 3.05) is 0 Å². The summed E-state index contributed by atoms with van der Waals surface area (Å²) in [6, 6.07) is 7.29. The number of ether oxygens (including phenoxy) is 1. The van der Waals surface area contributed by atoms with Crippen LogP contribution in [0.1, 0.15) is 21.9 Å². The van der Waals surface area contributed by atoms with Crippen molar-refractivity contribution < 1.29 is 9.53 Å². The summed E-state index contributed by atoms with van der Waals surface area (Å²) in [6.45, 7) is 2.13. The summed E-state index contributed by atoms with van der Waals surface area (Å²) in [5.74, 6) is 0.473. The second-order valence-electron chi connectivity index (χ2n) is 3.71. The van der Waals surface area contributed by atoms with Crippen LogP contribution in [-0.4, -0.2) is 16.3 Å². The molecule has 0 saturated carbocycles. The topological polar surface area (TPSA) is 52.1 Å². The molecule has 2 aromatic rings. The molecular formula is C13H11BrN2O2. The highest BCUT2D eigenvalue weighted by atomic mass is 79.9. The molecule has 2 aromatic heterocycles. The van der Waals surface area contributed by atoms with Crippen LogP contribution >= 0.6 is 15.9 Å². The largest absolute Gasteiger partial charge is 0.485 e. The third-order valence-corrected chi connectivity index (χ3v) is 2.77. The molecule has 92 valence electrons. The Morgan fingerprint density at radius 3 is 2.83 bits per heavy atom. The van der Waals surface area contributed by atoms with Crippen LogP contribution in [0.4, 0.5) is 0 Å². The van der Waals surface area contributed by atoms with Gasteiger partial charge in [-0.2, -0.15) is 0 Å². The highest BCUT2D eigenvalue weighted by Gasteiger charge is 2.05. The lowest BCUT2D eigenvalue weighted by Crippen LogP contribution is -2.02. The standard InChI is InChI=1S/C13H11BrN2O2/c1-9-2-5-13(12(7-17)16-9)18-8-11-4-3-10(14)6-15-11/h2-7H,8H2,1H3. The molecule has 0 spiro atoms. The van der Waals surface area contributed by atoms with Gasteiger partial charge in [-0.05, 0) is 47.1 Å². The first-order valence-electron chi connectivity index (χ1n) is 5.35. The predicted molar refractivity (Wildman–Crippen MR) is 70.6 cm³/mol. The number of carbonyl (C=O) groups is 1. The summed E-state index contributed by atoms with van der Waals surface area (Å²) in [5, 5.41) is 0. The first kappa shape index (κ1) is 12.7. The number of aldehydes is 1. The zero-order valence-corrected chi connectivity index (χ0v) is 11.3. The first-order chi connectivity index (χ1) is 8.69. The van der Waals surface area contributed by atoms with Gasteiger partial charge in [0, 0.05) is 16.4 Å². The number of hydrogen-bond acceptors (Lipinski definition) is 4. The summed E-state index contributed by atoms with van der Waals surface area (Å²) < 4.78 is 6.45. The van der Waals surface area contributed by atoms with Crippen LogP contribution in [0.25, 0.3) is 0 Å². The van der Waals surface area contributed by atoms with E-state index in [0.29, 0.717) is 24.3 Å². The molecule has 4 nitrogen and oxygen atoms in total. The van der Waals surface area contributed by atoms with Gasteiger partial charge < -0.3 is 4.74 Å². The summed E-state index contributed by atoms with van der Waals surface area (Å²) >= 11 is 3.31. The molecule has 0 aromatic carbocycles. The van der Waals surface area contributed by atoms with E-state index in [1.165, 1.54) is 0 Å². The summed E-state index contributed by atoms with van der Waals surface area (Å²) in [6.07, 6.45) is 2.39. The number of hydrogen-bond donors (Lipinski definition) is 0. The van der Waals surface area contributed by atoms with Gasteiger partial charge in [0.15, 0.2) is 6.29 Å². The van der Waals surface area contributed by atoms with E-state index in [9.17, 15) is 4.79 Å². The number of carbonyl (C=O) groups excluding carboxylic acids is 1. The van der Waals surface area contributed by atoms with E-state index in [1.54, 1.807) is 18.3 Å². The summed E-state index contributed by atoms with van der Waals surface area (Å²) in [7, 11) is 0. The molecule has 0 aliphatic rings. The molecule has 2 rings (SSSR count). The lowest BCUT2D eigenvalue weighted by molar-refractivity contribution is 0.111. The maximum atomic E-state index is 10.9. The molecular weight excluding hydrogens is 296 g/mol. The maximum Gasteiger partial charge on any atom is 0.172 e. The lowest BCUT2D eigenvalue weighted by atomic mass is 10.3. The molecule has 2 heterocycles. The van der Waals surface area contributed by atoms with Crippen molar-refractivity contribution in [2.45, 2.75) is 13.5 Å². The quantitative estimate of drug-likeness (QED) is 0.815. The van der Waals surface area contributed by atoms with Crippen molar-refractivity contribution in [3.05, 3.63) is 52.0 Å². The van der Waals surface area contributed by atoms with E-state index in [-0.39, 0.29) is 0 Å². The normalized spacial score (nSPS) is 10.1. The Balaban J connectivity index is 2.10. The van der Waals surface area contributed by atoms with Crippen LogP contribution in [0.15, 0.2) is 34.9 Å². The zero-order chi connectivity index (χ0) is 13.0. The number of aromatic nitrogens is 2. The fraction of sp³-hybridized carbons (Fsp3) is 0.154. The van der Waals surface area contributed by atoms with Gasteiger partial charge in [0.25, 0.3) is 0 Å². The Morgan fingerprint density at radius 2 is 2.17 bits per heavy atom. The maximum absolute atomic E-state index is 10.9. The Labute approximate surface area is 113 Å².